The Morgan fingerprint density at radius 1 is 1.53 bits per heavy atom. The minimum absolute atomic E-state index is 0.120. The van der Waals surface area contributed by atoms with Crippen molar-refractivity contribution in [1.82, 2.24) is 5.32 Å². The van der Waals surface area contributed by atoms with E-state index in [0.29, 0.717) is 13.0 Å². The second kappa shape index (κ2) is 5.16. The lowest BCUT2D eigenvalue weighted by atomic mass is 9.68. The molecular weight excluding hydrogens is 188 g/mol. The molecule has 1 atom stereocenters. The first kappa shape index (κ1) is 12.0. The van der Waals surface area contributed by atoms with Crippen LogP contribution in [0, 0.1) is 22.7 Å². The van der Waals surface area contributed by atoms with E-state index in [0.717, 1.165) is 19.3 Å². The van der Waals surface area contributed by atoms with Crippen LogP contribution < -0.4 is 5.32 Å². The molecular formula is C12H20N2O. The van der Waals surface area contributed by atoms with Crippen LogP contribution >= 0.6 is 0 Å². The summed E-state index contributed by atoms with van der Waals surface area (Å²) in [6.45, 7) is 4.82. The Hall–Kier alpha value is -1.04. The summed E-state index contributed by atoms with van der Waals surface area (Å²) in [6.07, 6.45) is 4.91. The number of amides is 1. The van der Waals surface area contributed by atoms with Crippen molar-refractivity contribution < 1.29 is 4.79 Å². The molecule has 84 valence electrons. The van der Waals surface area contributed by atoms with Gasteiger partial charge in [0.1, 0.15) is 0 Å². The highest BCUT2D eigenvalue weighted by Gasteiger charge is 2.36. The van der Waals surface area contributed by atoms with Crippen LogP contribution in [0.25, 0.3) is 0 Å². The molecule has 0 aromatic rings. The van der Waals surface area contributed by atoms with Crippen molar-refractivity contribution in [3.05, 3.63) is 0 Å². The Morgan fingerprint density at radius 2 is 2.27 bits per heavy atom. The minimum atomic E-state index is 0.120. The zero-order chi connectivity index (χ0) is 11.3. The lowest BCUT2D eigenvalue weighted by molar-refractivity contribution is -0.130. The van der Waals surface area contributed by atoms with Gasteiger partial charge in [-0.25, -0.2) is 0 Å². The molecule has 0 saturated heterocycles. The quantitative estimate of drug-likeness (QED) is 0.723. The van der Waals surface area contributed by atoms with Crippen LogP contribution in [0.15, 0.2) is 0 Å². The number of hydrogen-bond donors (Lipinski definition) is 1. The predicted octanol–water partition coefficient (Wildman–Crippen LogP) is 2.23. The van der Waals surface area contributed by atoms with Gasteiger partial charge in [0.05, 0.1) is 12.5 Å². The highest BCUT2D eigenvalue weighted by molar-refractivity contribution is 5.79. The maximum Gasteiger partial charge on any atom is 0.223 e. The average molecular weight is 208 g/mol. The fourth-order valence-corrected chi connectivity index (χ4v) is 2.34. The van der Waals surface area contributed by atoms with Crippen LogP contribution in [0.5, 0.6) is 0 Å². The molecule has 1 fully saturated rings. The number of nitriles is 1. The Kier molecular flexibility index (Phi) is 4.14. The topological polar surface area (TPSA) is 52.9 Å². The lowest BCUT2D eigenvalue weighted by Gasteiger charge is -2.37. The maximum absolute atomic E-state index is 11.9. The van der Waals surface area contributed by atoms with Gasteiger partial charge in [-0.1, -0.05) is 26.7 Å². The molecule has 0 spiro atoms. The summed E-state index contributed by atoms with van der Waals surface area (Å²) >= 11 is 0. The van der Waals surface area contributed by atoms with Crippen LogP contribution in [0.2, 0.25) is 0 Å². The van der Waals surface area contributed by atoms with Gasteiger partial charge in [0, 0.05) is 12.5 Å². The first-order chi connectivity index (χ1) is 7.08. The van der Waals surface area contributed by atoms with Gasteiger partial charge in [0.25, 0.3) is 0 Å². The van der Waals surface area contributed by atoms with Crippen LogP contribution in [0.3, 0.4) is 0 Å². The van der Waals surface area contributed by atoms with Crippen molar-refractivity contribution in [2.24, 2.45) is 11.3 Å². The molecule has 3 nitrogen and oxygen atoms in total. The molecule has 1 aliphatic carbocycles. The lowest BCUT2D eigenvalue weighted by Crippen LogP contribution is -2.41. The minimum Gasteiger partial charge on any atom is -0.355 e. The molecule has 1 rings (SSSR count). The third-order valence-electron chi connectivity index (χ3n) is 3.36. The molecule has 3 heteroatoms. The van der Waals surface area contributed by atoms with E-state index >= 15 is 0 Å². The van der Waals surface area contributed by atoms with E-state index in [2.05, 4.69) is 19.2 Å². The zero-order valence-corrected chi connectivity index (χ0v) is 9.68. The third kappa shape index (κ3) is 3.23. The smallest absolute Gasteiger partial charge is 0.223 e. The van der Waals surface area contributed by atoms with E-state index in [9.17, 15) is 4.79 Å². The molecule has 0 bridgehead atoms. The molecule has 0 aromatic carbocycles. The normalized spacial score (nSPS) is 24.2. The summed E-state index contributed by atoms with van der Waals surface area (Å²) in [5.41, 5.74) is 0.120. The molecule has 1 unspecified atom stereocenters. The standard InChI is InChI=1S/C12H20N2O/c1-12(2)7-4-3-6-10(12)11(15)14-9-5-8-13/h10H,3-7,9H2,1-2H3,(H,14,15). The number of rotatable bonds is 3. The summed E-state index contributed by atoms with van der Waals surface area (Å²) in [5, 5.41) is 11.2. The highest BCUT2D eigenvalue weighted by atomic mass is 16.1. The second-order valence-electron chi connectivity index (χ2n) is 4.99. The Morgan fingerprint density at radius 3 is 2.87 bits per heavy atom. The fourth-order valence-electron chi connectivity index (χ4n) is 2.34. The highest BCUT2D eigenvalue weighted by Crippen LogP contribution is 2.40. The van der Waals surface area contributed by atoms with Gasteiger partial charge < -0.3 is 5.32 Å². The van der Waals surface area contributed by atoms with Gasteiger partial charge in [-0.05, 0) is 18.3 Å². The van der Waals surface area contributed by atoms with Gasteiger partial charge in [-0.2, -0.15) is 5.26 Å². The summed E-state index contributed by atoms with van der Waals surface area (Å²) in [7, 11) is 0. The van der Waals surface area contributed by atoms with Gasteiger partial charge in [0.2, 0.25) is 5.91 Å². The first-order valence-corrected chi connectivity index (χ1v) is 5.72. The number of carbonyl (C=O) groups excluding carboxylic acids is 1. The maximum atomic E-state index is 11.9. The van der Waals surface area contributed by atoms with Gasteiger partial charge >= 0.3 is 0 Å². The Labute approximate surface area is 91.9 Å². The first-order valence-electron chi connectivity index (χ1n) is 5.72. The average Bonchev–Trinajstić information content (AvgIpc) is 2.17. The molecule has 0 aromatic heterocycles. The van der Waals surface area contributed by atoms with Crippen molar-refractivity contribution in [1.29, 1.82) is 5.26 Å². The third-order valence-corrected chi connectivity index (χ3v) is 3.36. The molecule has 0 heterocycles. The van der Waals surface area contributed by atoms with Crippen LogP contribution in [-0.4, -0.2) is 12.5 Å². The van der Waals surface area contributed by atoms with Gasteiger partial charge in [-0.15, -0.1) is 0 Å². The largest absolute Gasteiger partial charge is 0.355 e. The van der Waals surface area contributed by atoms with Crippen molar-refractivity contribution in [2.75, 3.05) is 6.54 Å². The van der Waals surface area contributed by atoms with E-state index < -0.39 is 0 Å². The predicted molar refractivity (Wildman–Crippen MR) is 59.0 cm³/mol. The summed E-state index contributed by atoms with van der Waals surface area (Å²) in [4.78, 5) is 11.9. The molecule has 1 aliphatic rings. The van der Waals surface area contributed by atoms with Crippen molar-refractivity contribution in [3.63, 3.8) is 0 Å². The van der Waals surface area contributed by atoms with Crippen LogP contribution in [0.4, 0.5) is 0 Å². The van der Waals surface area contributed by atoms with E-state index in [-0.39, 0.29) is 17.2 Å². The number of hydrogen-bond acceptors (Lipinski definition) is 2. The summed E-state index contributed by atoms with van der Waals surface area (Å²) < 4.78 is 0. The van der Waals surface area contributed by atoms with Crippen LogP contribution in [-0.2, 0) is 4.79 Å². The molecule has 0 aliphatic heterocycles. The van der Waals surface area contributed by atoms with Crippen molar-refractivity contribution in [2.45, 2.75) is 46.0 Å². The zero-order valence-electron chi connectivity index (χ0n) is 9.68. The fraction of sp³-hybridized carbons (Fsp3) is 0.833. The van der Waals surface area contributed by atoms with Gasteiger partial charge in [-0.3, -0.25) is 4.79 Å². The van der Waals surface area contributed by atoms with E-state index in [1.165, 1.54) is 6.42 Å². The molecule has 1 saturated carbocycles. The summed E-state index contributed by atoms with van der Waals surface area (Å²) in [5.74, 6) is 0.264. The molecule has 0 radical (unpaired) electrons. The summed E-state index contributed by atoms with van der Waals surface area (Å²) in [6, 6.07) is 2.03. The molecule has 1 N–H and O–H groups in total. The second-order valence-corrected chi connectivity index (χ2v) is 4.99. The number of carbonyl (C=O) groups is 1. The molecule has 15 heavy (non-hydrogen) atoms. The Bertz CT molecular complexity index is 265. The van der Waals surface area contributed by atoms with E-state index in [4.69, 9.17) is 5.26 Å². The van der Waals surface area contributed by atoms with E-state index in [1.54, 1.807) is 0 Å². The Balaban J connectivity index is 2.47. The SMILES string of the molecule is CC1(C)CCCCC1C(=O)NCCC#N. The monoisotopic (exact) mass is 208 g/mol. The number of nitrogens with one attached hydrogen (secondary N) is 1. The number of nitrogens with zero attached hydrogens (tertiary/aromatic N) is 1. The van der Waals surface area contributed by atoms with Crippen molar-refractivity contribution >= 4 is 5.91 Å². The van der Waals surface area contributed by atoms with Crippen LogP contribution in [0.1, 0.15) is 46.0 Å². The van der Waals surface area contributed by atoms with Crippen molar-refractivity contribution in [3.8, 4) is 6.07 Å². The van der Waals surface area contributed by atoms with E-state index in [1.807, 2.05) is 6.07 Å². The van der Waals surface area contributed by atoms with Gasteiger partial charge in [0.15, 0.2) is 0 Å². The molecule has 1 amide bonds.